The van der Waals surface area contributed by atoms with Gasteiger partial charge in [-0.1, -0.05) is 0 Å². The Bertz CT molecular complexity index is 554. The van der Waals surface area contributed by atoms with Crippen molar-refractivity contribution < 1.29 is 13.2 Å². The Morgan fingerprint density at radius 3 is 2.50 bits per heavy atom. The summed E-state index contributed by atoms with van der Waals surface area (Å²) in [7, 11) is -0.682. The second-order valence-corrected chi connectivity index (χ2v) is 5.47. The van der Waals surface area contributed by atoms with Gasteiger partial charge in [-0.25, -0.2) is 13.6 Å². The molecule has 0 heterocycles. The van der Waals surface area contributed by atoms with Gasteiger partial charge in [0.1, 0.15) is 4.90 Å². The molecule has 7 nitrogen and oxygen atoms in total. The second kappa shape index (κ2) is 5.23. The number of amides is 1. The summed E-state index contributed by atoms with van der Waals surface area (Å²) in [5, 5.41) is 7.80. The zero-order valence-corrected chi connectivity index (χ0v) is 11.0. The van der Waals surface area contributed by atoms with Crippen molar-refractivity contribution in [2.45, 2.75) is 4.90 Å². The summed E-state index contributed by atoms with van der Waals surface area (Å²) >= 11 is 0. The van der Waals surface area contributed by atoms with Crippen LogP contribution in [0.3, 0.4) is 0 Å². The number of primary sulfonamides is 1. The molecule has 0 saturated heterocycles. The van der Waals surface area contributed by atoms with Gasteiger partial charge in [0.05, 0.1) is 12.2 Å². The number of benzene rings is 1. The average Bonchev–Trinajstić information content (AvgIpc) is 2.25. The van der Waals surface area contributed by atoms with Gasteiger partial charge >= 0.3 is 0 Å². The van der Waals surface area contributed by atoms with Gasteiger partial charge in [0, 0.05) is 19.8 Å². The van der Waals surface area contributed by atoms with Gasteiger partial charge in [-0.15, -0.1) is 0 Å². The molecule has 0 aliphatic carbocycles. The number of anilines is 2. The first kappa shape index (κ1) is 14.3. The first-order valence-electron chi connectivity index (χ1n) is 5.08. The number of nitrogens with one attached hydrogen (secondary N) is 1. The molecule has 0 unspecified atom stereocenters. The van der Waals surface area contributed by atoms with E-state index in [0.717, 1.165) is 0 Å². The van der Waals surface area contributed by atoms with Crippen LogP contribution in [0.25, 0.3) is 0 Å². The molecule has 0 radical (unpaired) electrons. The number of carbonyl (C=O) groups is 1. The zero-order chi connectivity index (χ0) is 13.9. The third kappa shape index (κ3) is 3.60. The molecule has 8 heteroatoms. The van der Waals surface area contributed by atoms with Crippen molar-refractivity contribution in [1.82, 2.24) is 4.90 Å². The van der Waals surface area contributed by atoms with Gasteiger partial charge in [-0.2, -0.15) is 0 Å². The smallest absolute Gasteiger partial charge is 0.241 e. The largest absolute Gasteiger partial charge is 0.399 e. The Morgan fingerprint density at radius 2 is 2.00 bits per heavy atom. The third-order valence-corrected chi connectivity index (χ3v) is 3.19. The molecule has 0 atom stereocenters. The molecule has 5 N–H and O–H groups in total. The Hall–Kier alpha value is -1.80. The highest BCUT2D eigenvalue weighted by atomic mass is 32.2. The number of hydrogen-bond donors (Lipinski definition) is 3. The second-order valence-electron chi connectivity index (χ2n) is 3.94. The fraction of sp³-hybridized carbons (Fsp3) is 0.300. The van der Waals surface area contributed by atoms with Crippen molar-refractivity contribution >= 4 is 27.3 Å². The first-order chi connectivity index (χ1) is 8.21. The molecular formula is C10H16N4O3S. The molecule has 18 heavy (non-hydrogen) atoms. The van der Waals surface area contributed by atoms with Crippen LogP contribution in [0.15, 0.2) is 23.1 Å². The van der Waals surface area contributed by atoms with E-state index < -0.39 is 10.0 Å². The monoisotopic (exact) mass is 272 g/mol. The molecule has 100 valence electrons. The van der Waals surface area contributed by atoms with Crippen molar-refractivity contribution in [3.05, 3.63) is 18.2 Å². The van der Waals surface area contributed by atoms with Gasteiger partial charge in [0.25, 0.3) is 0 Å². The molecular weight excluding hydrogens is 256 g/mol. The van der Waals surface area contributed by atoms with Crippen LogP contribution >= 0.6 is 0 Å². The number of nitrogen functional groups attached to an aromatic ring is 1. The minimum atomic E-state index is -3.89. The van der Waals surface area contributed by atoms with E-state index in [1.54, 1.807) is 14.1 Å². The highest BCUT2D eigenvalue weighted by Gasteiger charge is 2.15. The minimum absolute atomic E-state index is 0.0283. The van der Waals surface area contributed by atoms with Crippen LogP contribution in [0, 0.1) is 0 Å². The van der Waals surface area contributed by atoms with E-state index in [9.17, 15) is 13.2 Å². The number of sulfonamides is 1. The third-order valence-electron chi connectivity index (χ3n) is 2.24. The van der Waals surface area contributed by atoms with Crippen molar-refractivity contribution in [2.24, 2.45) is 5.14 Å². The summed E-state index contributed by atoms with van der Waals surface area (Å²) in [5.74, 6) is -0.188. The van der Waals surface area contributed by atoms with Gasteiger partial charge in [0.2, 0.25) is 15.9 Å². The standard InChI is InChI=1S/C10H16N4O3S/c1-14(2)10(15)6-13-8-4-3-7(11)5-9(8)18(12,16)17/h3-5,13H,6,11H2,1-2H3,(H2,12,16,17). The number of likely N-dealkylation sites (N-methyl/N-ethyl adjacent to an activating group) is 1. The Morgan fingerprint density at radius 1 is 1.39 bits per heavy atom. The molecule has 0 bridgehead atoms. The molecule has 1 rings (SSSR count). The molecule has 1 aromatic rings. The number of nitrogens with two attached hydrogens (primary N) is 2. The van der Waals surface area contributed by atoms with Crippen molar-refractivity contribution in [2.75, 3.05) is 31.7 Å². The molecule has 0 saturated carbocycles. The summed E-state index contributed by atoms with van der Waals surface area (Å²) in [6.07, 6.45) is 0. The van der Waals surface area contributed by atoms with E-state index in [2.05, 4.69) is 5.32 Å². The van der Waals surface area contributed by atoms with Crippen molar-refractivity contribution in [1.29, 1.82) is 0 Å². The highest BCUT2D eigenvalue weighted by molar-refractivity contribution is 7.89. The number of nitrogens with zero attached hydrogens (tertiary/aromatic N) is 1. The van der Waals surface area contributed by atoms with E-state index in [1.807, 2.05) is 0 Å². The van der Waals surface area contributed by atoms with Gasteiger partial charge < -0.3 is 16.0 Å². The molecule has 0 aliphatic rings. The van der Waals surface area contributed by atoms with Crippen LogP contribution in [0.5, 0.6) is 0 Å². The summed E-state index contributed by atoms with van der Waals surface area (Å²) in [6.45, 7) is -0.0283. The highest BCUT2D eigenvalue weighted by Crippen LogP contribution is 2.22. The summed E-state index contributed by atoms with van der Waals surface area (Å²) < 4.78 is 22.7. The lowest BCUT2D eigenvalue weighted by Crippen LogP contribution is -2.29. The summed E-state index contributed by atoms with van der Waals surface area (Å²) in [6, 6.07) is 4.24. The summed E-state index contributed by atoms with van der Waals surface area (Å²) in [5.41, 5.74) is 6.04. The van der Waals surface area contributed by atoms with Crippen molar-refractivity contribution in [3.8, 4) is 0 Å². The lowest BCUT2D eigenvalue weighted by atomic mass is 10.3. The van der Waals surface area contributed by atoms with E-state index in [1.165, 1.54) is 23.1 Å². The normalized spacial score (nSPS) is 11.1. The van der Waals surface area contributed by atoms with Gasteiger partial charge in [-0.3, -0.25) is 4.79 Å². The van der Waals surface area contributed by atoms with Crippen LogP contribution in [0.2, 0.25) is 0 Å². The molecule has 1 amide bonds. The fourth-order valence-electron chi connectivity index (χ4n) is 1.25. The topological polar surface area (TPSA) is 119 Å². The van der Waals surface area contributed by atoms with E-state index in [4.69, 9.17) is 10.9 Å². The molecule has 1 aromatic carbocycles. The van der Waals surface area contributed by atoms with Gasteiger partial charge in [0.15, 0.2) is 0 Å². The first-order valence-corrected chi connectivity index (χ1v) is 6.63. The predicted octanol–water partition coefficient (Wildman–Crippen LogP) is -0.584. The number of hydrogen-bond acceptors (Lipinski definition) is 5. The fourth-order valence-corrected chi connectivity index (χ4v) is 2.00. The number of carbonyl (C=O) groups excluding carboxylic acids is 1. The molecule has 0 spiro atoms. The maximum Gasteiger partial charge on any atom is 0.241 e. The van der Waals surface area contributed by atoms with E-state index in [-0.39, 0.29) is 28.7 Å². The maximum atomic E-state index is 11.4. The van der Waals surface area contributed by atoms with Crippen LogP contribution in [0.1, 0.15) is 0 Å². The SMILES string of the molecule is CN(C)C(=O)CNc1ccc(N)cc1S(N)(=O)=O. The molecule has 0 fully saturated rings. The van der Waals surface area contributed by atoms with Gasteiger partial charge in [-0.05, 0) is 18.2 Å². The molecule has 0 aromatic heterocycles. The van der Waals surface area contributed by atoms with Crippen LogP contribution in [-0.2, 0) is 14.8 Å². The van der Waals surface area contributed by atoms with Crippen molar-refractivity contribution in [3.63, 3.8) is 0 Å². The number of rotatable bonds is 4. The minimum Gasteiger partial charge on any atom is -0.399 e. The zero-order valence-electron chi connectivity index (χ0n) is 10.2. The molecule has 0 aliphatic heterocycles. The Labute approximate surface area is 106 Å². The lowest BCUT2D eigenvalue weighted by Gasteiger charge is -2.14. The van der Waals surface area contributed by atoms with Crippen LogP contribution in [-0.4, -0.2) is 39.9 Å². The predicted molar refractivity (Wildman–Crippen MR) is 69.4 cm³/mol. The average molecular weight is 272 g/mol. The quantitative estimate of drug-likeness (QED) is 0.633. The van der Waals surface area contributed by atoms with E-state index in [0.29, 0.717) is 0 Å². The Kier molecular flexibility index (Phi) is 4.15. The summed E-state index contributed by atoms with van der Waals surface area (Å²) in [4.78, 5) is 12.7. The Balaban J connectivity index is 3.00. The lowest BCUT2D eigenvalue weighted by molar-refractivity contribution is -0.126. The van der Waals surface area contributed by atoms with Crippen LogP contribution in [0.4, 0.5) is 11.4 Å². The van der Waals surface area contributed by atoms with E-state index >= 15 is 0 Å². The maximum absolute atomic E-state index is 11.4. The van der Waals surface area contributed by atoms with Crippen LogP contribution < -0.4 is 16.2 Å².